The van der Waals surface area contributed by atoms with Gasteiger partial charge in [-0.15, -0.1) is 5.92 Å². The molecule has 0 radical (unpaired) electrons. The number of hydrogen-bond acceptors (Lipinski definition) is 0. The highest BCUT2D eigenvalue weighted by Crippen LogP contribution is 1.94. The fourth-order valence-corrected chi connectivity index (χ4v) is 1.35. The van der Waals surface area contributed by atoms with E-state index >= 15 is 0 Å². The van der Waals surface area contributed by atoms with Gasteiger partial charge in [0.15, 0.2) is 0 Å². The maximum atomic E-state index is 3.37. The molecule has 1 aromatic rings. The van der Waals surface area contributed by atoms with Crippen LogP contribution in [0, 0.1) is 9.97 Å². The fourth-order valence-electron chi connectivity index (χ4n) is 0.657. The van der Waals surface area contributed by atoms with Crippen molar-refractivity contribution in [2.75, 3.05) is 0 Å². The lowest BCUT2D eigenvalue weighted by molar-refractivity contribution is 1.65. The van der Waals surface area contributed by atoms with Crippen LogP contribution in [-0.4, -0.2) is 18.2 Å². The highest BCUT2D eigenvalue weighted by atomic mass is 79.9. The van der Waals surface area contributed by atoms with E-state index in [-0.39, 0.29) is 18.2 Å². The fraction of sp³-hybridized carbons (Fsp3) is 0. The average Bonchev–Trinajstić information content (AvgIpc) is 2.03. The molecule has 0 aliphatic heterocycles. The van der Waals surface area contributed by atoms with Crippen LogP contribution >= 0.6 is 12.9 Å². The minimum atomic E-state index is -0.278. The van der Waals surface area contributed by atoms with Crippen molar-refractivity contribution in [2.24, 2.45) is 0 Å². The van der Waals surface area contributed by atoms with Gasteiger partial charge in [0, 0.05) is 5.56 Å². The zero-order valence-electron chi connectivity index (χ0n) is 5.47. The SMILES string of the molecule is [Br][Mg][C]#Cc1ccccc1. The molecule has 1 aromatic carbocycles. The molecule has 10 heavy (non-hydrogen) atoms. The van der Waals surface area contributed by atoms with E-state index in [1.807, 2.05) is 30.3 Å². The maximum absolute atomic E-state index is 3.37. The second-order valence-electron chi connectivity index (χ2n) is 1.80. The van der Waals surface area contributed by atoms with Crippen LogP contribution in [-0.2, 0) is 0 Å². The molecular weight excluding hydrogens is 200 g/mol. The molecule has 0 aliphatic carbocycles. The van der Waals surface area contributed by atoms with E-state index in [0.717, 1.165) is 5.56 Å². The summed E-state index contributed by atoms with van der Waals surface area (Å²) in [5.41, 5.74) is 1.11. The van der Waals surface area contributed by atoms with Crippen LogP contribution in [0.25, 0.3) is 0 Å². The molecule has 0 saturated heterocycles. The molecule has 0 bridgehead atoms. The number of halogens is 1. The molecule has 0 atom stereocenters. The Balaban J connectivity index is 2.76. The zero-order chi connectivity index (χ0) is 7.23. The van der Waals surface area contributed by atoms with Crippen molar-refractivity contribution >= 4 is 31.1 Å². The van der Waals surface area contributed by atoms with Crippen LogP contribution in [0.4, 0.5) is 0 Å². The highest BCUT2D eigenvalue weighted by molar-refractivity contribution is 9.23. The summed E-state index contributed by atoms with van der Waals surface area (Å²) in [6.07, 6.45) is 0. The molecule has 0 amide bonds. The molecule has 46 valence electrons. The summed E-state index contributed by atoms with van der Waals surface area (Å²) in [5, 5.41) is 0. The van der Waals surface area contributed by atoms with Crippen molar-refractivity contribution in [2.45, 2.75) is 0 Å². The summed E-state index contributed by atoms with van der Waals surface area (Å²) < 4.78 is 3.07. The van der Waals surface area contributed by atoms with Gasteiger partial charge in [-0.25, -0.2) is 4.05 Å². The zero-order valence-corrected chi connectivity index (χ0v) is 8.47. The summed E-state index contributed by atoms with van der Waals surface area (Å²) in [6, 6.07) is 10.0. The predicted octanol–water partition coefficient (Wildman–Crippen LogP) is 2.01. The van der Waals surface area contributed by atoms with Gasteiger partial charge in [-0.3, -0.25) is 12.9 Å². The molecule has 0 spiro atoms. The Kier molecular flexibility index (Phi) is 3.89. The number of hydrogen-bond donors (Lipinski definition) is 0. The first-order valence-corrected chi connectivity index (χ1v) is 7.64. The van der Waals surface area contributed by atoms with Gasteiger partial charge < -0.3 is 0 Å². The van der Waals surface area contributed by atoms with Gasteiger partial charge >= 0.3 is 18.2 Å². The van der Waals surface area contributed by atoms with Gasteiger partial charge in [0.1, 0.15) is 0 Å². The molecule has 1 rings (SSSR count). The molecular formula is C8H5BrMg. The normalized spacial score (nSPS) is 7.30. The van der Waals surface area contributed by atoms with Gasteiger partial charge in [0.25, 0.3) is 0 Å². The van der Waals surface area contributed by atoms with Crippen molar-refractivity contribution in [3.8, 4) is 9.97 Å². The predicted molar refractivity (Wildman–Crippen MR) is 48.0 cm³/mol. The third-order valence-corrected chi connectivity index (χ3v) is 2.22. The van der Waals surface area contributed by atoms with Crippen molar-refractivity contribution < 1.29 is 0 Å². The molecule has 0 saturated carbocycles. The van der Waals surface area contributed by atoms with E-state index < -0.39 is 0 Å². The van der Waals surface area contributed by atoms with E-state index in [0.29, 0.717) is 0 Å². The Hall–Kier alpha value is 0.0262. The smallest absolute Gasteiger partial charge is 0.277 e. The first-order valence-electron chi connectivity index (χ1n) is 3.03. The Morgan fingerprint density at radius 2 is 1.90 bits per heavy atom. The largest absolute Gasteiger partial charge is 0.569 e. The standard InChI is InChI=1S/C8H5.BrH.Mg/c1-2-8-6-4-3-5-7-8;;/h3-7H;1H;/q;;+1/p-1. The van der Waals surface area contributed by atoms with Gasteiger partial charge in [0.05, 0.1) is 0 Å². The Bertz CT molecular complexity index is 245. The minimum absolute atomic E-state index is 0.278. The van der Waals surface area contributed by atoms with Crippen LogP contribution in [0.1, 0.15) is 5.56 Å². The quantitative estimate of drug-likeness (QED) is 0.449. The second kappa shape index (κ2) is 4.78. The van der Waals surface area contributed by atoms with Crippen molar-refractivity contribution in [1.82, 2.24) is 0 Å². The molecule has 0 aromatic heterocycles. The number of rotatable bonds is 0. The molecule has 2 heteroatoms. The molecule has 0 nitrogen and oxygen atoms in total. The lowest BCUT2D eigenvalue weighted by Gasteiger charge is -1.84. The summed E-state index contributed by atoms with van der Waals surface area (Å²) in [4.78, 5) is 0. The van der Waals surface area contributed by atoms with Crippen molar-refractivity contribution in [3.63, 3.8) is 0 Å². The van der Waals surface area contributed by atoms with Crippen LogP contribution in [0.3, 0.4) is 0 Å². The summed E-state index contributed by atoms with van der Waals surface area (Å²) in [6.45, 7) is 0. The van der Waals surface area contributed by atoms with E-state index in [1.165, 1.54) is 0 Å². The molecule has 0 aliphatic rings. The first-order chi connectivity index (χ1) is 4.93. The van der Waals surface area contributed by atoms with Crippen LogP contribution < -0.4 is 0 Å². The van der Waals surface area contributed by atoms with Crippen LogP contribution in [0.5, 0.6) is 0 Å². The van der Waals surface area contributed by atoms with E-state index in [4.69, 9.17) is 0 Å². The Labute approximate surface area is 76.6 Å². The van der Waals surface area contributed by atoms with Gasteiger partial charge in [0.2, 0.25) is 0 Å². The Morgan fingerprint density at radius 3 is 2.50 bits per heavy atom. The number of benzene rings is 1. The molecule has 0 heterocycles. The van der Waals surface area contributed by atoms with Crippen LogP contribution in [0.2, 0.25) is 0 Å². The monoisotopic (exact) mass is 204 g/mol. The summed E-state index contributed by atoms with van der Waals surface area (Å²) in [5.74, 6) is 3.06. The highest BCUT2D eigenvalue weighted by Gasteiger charge is 1.80. The lowest BCUT2D eigenvalue weighted by Crippen LogP contribution is -1.71. The molecule has 0 N–H and O–H groups in total. The van der Waals surface area contributed by atoms with Crippen molar-refractivity contribution in [1.29, 1.82) is 0 Å². The summed E-state index contributed by atoms with van der Waals surface area (Å²) >= 11 is 3.09. The van der Waals surface area contributed by atoms with Gasteiger partial charge in [-0.1, -0.05) is 18.2 Å². The molecule has 0 unspecified atom stereocenters. The maximum Gasteiger partial charge on any atom is 0.569 e. The van der Waals surface area contributed by atoms with Crippen molar-refractivity contribution in [3.05, 3.63) is 35.9 Å². The third-order valence-electron chi connectivity index (χ3n) is 1.07. The second-order valence-corrected chi connectivity index (χ2v) is 4.10. The lowest BCUT2D eigenvalue weighted by atomic mass is 10.2. The topological polar surface area (TPSA) is 0 Å². The van der Waals surface area contributed by atoms with E-state index in [2.05, 4.69) is 22.9 Å². The minimum Gasteiger partial charge on any atom is -0.277 e. The van der Waals surface area contributed by atoms with Gasteiger partial charge in [-0.05, 0) is 12.1 Å². The van der Waals surface area contributed by atoms with Gasteiger partial charge in [-0.2, -0.15) is 0 Å². The van der Waals surface area contributed by atoms with Crippen LogP contribution in [0.15, 0.2) is 30.3 Å². The summed E-state index contributed by atoms with van der Waals surface area (Å²) in [7, 11) is 0. The Morgan fingerprint density at radius 1 is 1.20 bits per heavy atom. The molecule has 0 fully saturated rings. The first kappa shape index (κ1) is 8.13. The van der Waals surface area contributed by atoms with E-state index in [9.17, 15) is 0 Å². The van der Waals surface area contributed by atoms with E-state index in [1.54, 1.807) is 0 Å². The third kappa shape index (κ3) is 2.74. The average molecular weight is 205 g/mol.